The van der Waals surface area contributed by atoms with Crippen molar-refractivity contribution in [3.63, 3.8) is 0 Å². The van der Waals surface area contributed by atoms with Crippen LogP contribution < -0.4 is 0 Å². The zero-order chi connectivity index (χ0) is 16.6. The molecule has 0 heteroatoms. The molecule has 0 nitrogen and oxygen atoms in total. The third-order valence-corrected chi connectivity index (χ3v) is 4.84. The van der Waals surface area contributed by atoms with E-state index in [2.05, 4.69) is 88.9 Å². The highest BCUT2D eigenvalue weighted by molar-refractivity contribution is 5.89. The van der Waals surface area contributed by atoms with Crippen molar-refractivity contribution in [1.82, 2.24) is 0 Å². The van der Waals surface area contributed by atoms with E-state index >= 15 is 0 Å². The van der Waals surface area contributed by atoms with Gasteiger partial charge in [-0.15, -0.1) is 0 Å². The Morgan fingerprint density at radius 1 is 0.960 bits per heavy atom. The average Bonchev–Trinajstić information content (AvgIpc) is 2.74. The van der Waals surface area contributed by atoms with Gasteiger partial charge in [0, 0.05) is 5.41 Å². The third-order valence-electron chi connectivity index (χ3n) is 4.84. The number of fused-ring (bicyclic) bond motifs is 1. The van der Waals surface area contributed by atoms with Crippen LogP contribution >= 0.6 is 0 Å². The standard InChI is InChI=1S/C23H24.2CH4/c1-6-9-19-20-13-12-18(17-11-8-10-16(3)14-17)15-22(20)23(4,5)21(19)7-2;;/h6-15H,2H2,1,3-5H3;2*1H4/b9-6-;;. The molecular weight excluding hydrogens is 300 g/mol. The van der Waals surface area contributed by atoms with Gasteiger partial charge in [0.15, 0.2) is 0 Å². The summed E-state index contributed by atoms with van der Waals surface area (Å²) in [5, 5.41) is 0. The topological polar surface area (TPSA) is 0 Å². The first-order valence-electron chi connectivity index (χ1n) is 8.21. The van der Waals surface area contributed by atoms with Crippen LogP contribution in [0.3, 0.4) is 0 Å². The van der Waals surface area contributed by atoms with E-state index in [1.165, 1.54) is 39.0 Å². The molecular formula is C25H32. The Morgan fingerprint density at radius 3 is 2.24 bits per heavy atom. The first kappa shape index (κ1) is 20.7. The minimum Gasteiger partial charge on any atom is -0.0987 e. The largest absolute Gasteiger partial charge is 0.0987 e. The van der Waals surface area contributed by atoms with Crippen LogP contribution in [-0.4, -0.2) is 0 Å². The molecule has 2 aromatic carbocycles. The van der Waals surface area contributed by atoms with E-state index < -0.39 is 0 Å². The molecule has 0 saturated heterocycles. The van der Waals surface area contributed by atoms with Crippen molar-refractivity contribution in [2.45, 2.75) is 48.0 Å². The number of hydrogen-bond acceptors (Lipinski definition) is 0. The molecule has 0 bridgehead atoms. The highest BCUT2D eigenvalue weighted by atomic mass is 14.4. The quantitative estimate of drug-likeness (QED) is 0.539. The van der Waals surface area contributed by atoms with Crippen LogP contribution in [0.4, 0.5) is 0 Å². The van der Waals surface area contributed by atoms with Crippen molar-refractivity contribution >= 4 is 5.57 Å². The summed E-state index contributed by atoms with van der Waals surface area (Å²) in [5.74, 6) is 0. The molecule has 0 spiro atoms. The molecule has 0 heterocycles. The van der Waals surface area contributed by atoms with E-state index in [4.69, 9.17) is 0 Å². The molecule has 0 unspecified atom stereocenters. The summed E-state index contributed by atoms with van der Waals surface area (Å²) in [4.78, 5) is 0. The zero-order valence-electron chi connectivity index (χ0n) is 14.5. The molecule has 0 radical (unpaired) electrons. The van der Waals surface area contributed by atoms with Crippen molar-refractivity contribution in [2.75, 3.05) is 0 Å². The SMILES string of the molecule is C.C.C=CC1=C(/C=C\C)c2ccc(-c3cccc(C)c3)cc2C1(C)C. The Morgan fingerprint density at radius 2 is 1.64 bits per heavy atom. The first-order valence-corrected chi connectivity index (χ1v) is 8.21. The summed E-state index contributed by atoms with van der Waals surface area (Å²) >= 11 is 0. The van der Waals surface area contributed by atoms with Crippen molar-refractivity contribution in [3.8, 4) is 11.1 Å². The fourth-order valence-corrected chi connectivity index (χ4v) is 3.64. The predicted octanol–water partition coefficient (Wildman–Crippen LogP) is 7.74. The maximum absolute atomic E-state index is 4.05. The summed E-state index contributed by atoms with van der Waals surface area (Å²) in [5.41, 5.74) is 9.19. The lowest BCUT2D eigenvalue weighted by Crippen LogP contribution is -2.16. The summed E-state index contributed by atoms with van der Waals surface area (Å²) in [6.45, 7) is 12.8. The van der Waals surface area contributed by atoms with Gasteiger partial charge in [0.05, 0.1) is 0 Å². The molecule has 132 valence electrons. The Labute approximate surface area is 154 Å². The number of allylic oxidation sites excluding steroid dienone is 5. The minimum atomic E-state index is -0.00817. The van der Waals surface area contributed by atoms with Crippen LogP contribution in [0.25, 0.3) is 16.7 Å². The van der Waals surface area contributed by atoms with Gasteiger partial charge in [-0.3, -0.25) is 0 Å². The molecule has 0 N–H and O–H groups in total. The number of hydrogen-bond donors (Lipinski definition) is 0. The Kier molecular flexibility index (Phi) is 6.37. The van der Waals surface area contributed by atoms with Crippen LogP contribution in [0.1, 0.15) is 52.3 Å². The maximum atomic E-state index is 4.05. The van der Waals surface area contributed by atoms with Crippen LogP contribution in [-0.2, 0) is 5.41 Å². The van der Waals surface area contributed by atoms with Crippen LogP contribution in [0, 0.1) is 6.92 Å². The fraction of sp³-hybridized carbons (Fsp3) is 0.280. The van der Waals surface area contributed by atoms with Gasteiger partial charge < -0.3 is 0 Å². The minimum absolute atomic E-state index is 0. The van der Waals surface area contributed by atoms with Gasteiger partial charge >= 0.3 is 0 Å². The zero-order valence-corrected chi connectivity index (χ0v) is 14.5. The predicted molar refractivity (Wildman–Crippen MR) is 115 cm³/mol. The number of rotatable bonds is 3. The maximum Gasteiger partial charge on any atom is 0.0158 e. The van der Waals surface area contributed by atoms with E-state index in [0.717, 1.165) is 0 Å². The lowest BCUT2D eigenvalue weighted by atomic mass is 9.80. The van der Waals surface area contributed by atoms with Gasteiger partial charge in [-0.2, -0.15) is 0 Å². The van der Waals surface area contributed by atoms with Gasteiger partial charge in [0.25, 0.3) is 0 Å². The molecule has 0 aromatic heterocycles. The van der Waals surface area contributed by atoms with Crippen molar-refractivity contribution in [2.24, 2.45) is 0 Å². The van der Waals surface area contributed by atoms with Gasteiger partial charge in [0.1, 0.15) is 0 Å². The second-order valence-corrected chi connectivity index (χ2v) is 6.79. The van der Waals surface area contributed by atoms with E-state index in [9.17, 15) is 0 Å². The van der Waals surface area contributed by atoms with E-state index in [1.807, 2.05) is 6.08 Å². The molecule has 0 fully saturated rings. The highest BCUT2D eigenvalue weighted by Gasteiger charge is 2.35. The van der Waals surface area contributed by atoms with E-state index in [0.29, 0.717) is 0 Å². The molecule has 25 heavy (non-hydrogen) atoms. The second kappa shape index (κ2) is 7.70. The van der Waals surface area contributed by atoms with Crippen molar-refractivity contribution in [1.29, 1.82) is 0 Å². The van der Waals surface area contributed by atoms with Crippen LogP contribution in [0.5, 0.6) is 0 Å². The molecule has 2 aromatic rings. The summed E-state index contributed by atoms with van der Waals surface area (Å²) < 4.78 is 0. The molecule has 3 rings (SSSR count). The number of benzene rings is 2. The summed E-state index contributed by atoms with van der Waals surface area (Å²) in [6, 6.07) is 15.6. The molecule has 1 aliphatic rings. The average molecular weight is 333 g/mol. The van der Waals surface area contributed by atoms with E-state index in [-0.39, 0.29) is 20.3 Å². The third kappa shape index (κ3) is 3.39. The first-order chi connectivity index (χ1) is 11.0. The van der Waals surface area contributed by atoms with Gasteiger partial charge in [0.2, 0.25) is 0 Å². The van der Waals surface area contributed by atoms with Crippen molar-refractivity contribution in [3.05, 3.63) is 89.5 Å². The Balaban J connectivity index is 0.00000156. The lowest BCUT2D eigenvalue weighted by molar-refractivity contribution is 0.655. The summed E-state index contributed by atoms with van der Waals surface area (Å²) in [6.07, 6.45) is 6.33. The van der Waals surface area contributed by atoms with E-state index in [1.54, 1.807) is 0 Å². The molecule has 0 saturated carbocycles. The van der Waals surface area contributed by atoms with Crippen molar-refractivity contribution < 1.29 is 0 Å². The highest BCUT2D eigenvalue weighted by Crippen LogP contribution is 2.48. The smallest absolute Gasteiger partial charge is 0.0158 e. The summed E-state index contributed by atoms with van der Waals surface area (Å²) in [7, 11) is 0. The molecule has 0 aliphatic heterocycles. The second-order valence-electron chi connectivity index (χ2n) is 6.79. The molecule has 0 amide bonds. The lowest BCUT2D eigenvalue weighted by Gasteiger charge is -2.23. The monoisotopic (exact) mass is 332 g/mol. The Hall–Kier alpha value is -2.34. The normalized spacial score (nSPS) is 14.7. The van der Waals surface area contributed by atoms with Gasteiger partial charge in [-0.25, -0.2) is 0 Å². The molecule has 1 aliphatic carbocycles. The molecule has 0 atom stereocenters. The van der Waals surface area contributed by atoms with Crippen LogP contribution in [0.2, 0.25) is 0 Å². The van der Waals surface area contributed by atoms with Gasteiger partial charge in [-0.1, -0.05) is 95.5 Å². The Bertz CT molecular complexity index is 829. The fourth-order valence-electron chi connectivity index (χ4n) is 3.64. The number of aryl methyl sites for hydroxylation is 1. The van der Waals surface area contributed by atoms with Gasteiger partial charge in [-0.05, 0) is 53.3 Å². The van der Waals surface area contributed by atoms with Crippen LogP contribution in [0.15, 0.2) is 72.8 Å².